The lowest BCUT2D eigenvalue weighted by atomic mass is 10.0. The van der Waals surface area contributed by atoms with E-state index in [1.807, 2.05) is 19.0 Å². The molecule has 8 heteroatoms. The molecule has 3 rings (SSSR count). The Kier molecular flexibility index (Phi) is 4.68. The predicted molar refractivity (Wildman–Crippen MR) is 99.6 cm³/mol. The van der Waals surface area contributed by atoms with Crippen molar-refractivity contribution in [1.29, 1.82) is 0 Å². The first kappa shape index (κ1) is 17.6. The summed E-state index contributed by atoms with van der Waals surface area (Å²) in [5, 5.41) is 14.5. The van der Waals surface area contributed by atoms with Crippen LogP contribution in [0.3, 0.4) is 0 Å². The van der Waals surface area contributed by atoms with Gasteiger partial charge in [-0.3, -0.25) is 19.7 Å². The molecule has 0 aliphatic rings. The van der Waals surface area contributed by atoms with E-state index in [0.29, 0.717) is 29.5 Å². The molecule has 0 radical (unpaired) electrons. The van der Waals surface area contributed by atoms with Crippen molar-refractivity contribution in [3.63, 3.8) is 0 Å². The van der Waals surface area contributed by atoms with Gasteiger partial charge in [0.15, 0.2) is 5.43 Å². The van der Waals surface area contributed by atoms with Crippen LogP contribution in [0, 0.1) is 10.1 Å². The Morgan fingerprint density at radius 2 is 1.96 bits per heavy atom. The van der Waals surface area contributed by atoms with Gasteiger partial charge in [-0.15, -0.1) is 0 Å². The summed E-state index contributed by atoms with van der Waals surface area (Å²) in [5.74, 6) is -0.466. The van der Waals surface area contributed by atoms with Crippen molar-refractivity contribution in [2.24, 2.45) is 0 Å². The molecule has 8 nitrogen and oxygen atoms in total. The van der Waals surface area contributed by atoms with Gasteiger partial charge in [0.05, 0.1) is 21.4 Å². The molecule has 0 aliphatic carbocycles. The second-order valence-corrected chi connectivity index (χ2v) is 6.23. The summed E-state index contributed by atoms with van der Waals surface area (Å²) in [7, 11) is 3.75. The third-order valence-electron chi connectivity index (χ3n) is 4.10. The number of rotatable bonds is 5. The van der Waals surface area contributed by atoms with Gasteiger partial charge in [-0.05, 0) is 26.2 Å². The van der Waals surface area contributed by atoms with Gasteiger partial charge in [-0.2, -0.15) is 0 Å². The first-order valence-corrected chi connectivity index (χ1v) is 8.04. The topological polar surface area (TPSA) is 108 Å². The lowest BCUT2D eigenvalue weighted by molar-refractivity contribution is -0.384. The van der Waals surface area contributed by atoms with E-state index in [0.717, 1.165) is 0 Å². The molecular weight excluding hydrogens is 336 g/mol. The second-order valence-electron chi connectivity index (χ2n) is 6.23. The molecule has 1 heterocycles. The Balaban J connectivity index is 2.21. The molecule has 2 aromatic carbocycles. The zero-order chi connectivity index (χ0) is 18.8. The summed E-state index contributed by atoms with van der Waals surface area (Å²) < 4.78 is 0. The predicted octanol–water partition coefficient (Wildman–Crippen LogP) is 1.88. The van der Waals surface area contributed by atoms with Gasteiger partial charge in [-0.25, -0.2) is 0 Å². The van der Waals surface area contributed by atoms with E-state index in [1.165, 1.54) is 12.1 Å². The van der Waals surface area contributed by atoms with Crippen molar-refractivity contribution in [1.82, 2.24) is 15.2 Å². The number of hydrogen-bond acceptors (Lipinski definition) is 5. The zero-order valence-electron chi connectivity index (χ0n) is 14.4. The summed E-state index contributed by atoms with van der Waals surface area (Å²) in [5.41, 5.74) is 0.301. The number of aromatic amines is 1. The van der Waals surface area contributed by atoms with Crippen molar-refractivity contribution in [3.05, 3.63) is 62.3 Å². The molecule has 1 aromatic heterocycles. The largest absolute Gasteiger partial charge is 0.354 e. The van der Waals surface area contributed by atoms with E-state index >= 15 is 0 Å². The van der Waals surface area contributed by atoms with Crippen molar-refractivity contribution >= 4 is 33.4 Å². The number of nitro benzene ring substituents is 1. The number of nitrogens with one attached hydrogen (secondary N) is 2. The summed E-state index contributed by atoms with van der Waals surface area (Å²) >= 11 is 0. The van der Waals surface area contributed by atoms with Gasteiger partial charge >= 0.3 is 0 Å². The standard InChI is InChI=1S/C18H18N4O4/c1-21(2)8-7-19-18(24)14-10-11(22(25)26)9-13-16(14)20-15-6-4-3-5-12(15)17(13)23/h3-6,9-10H,7-8H2,1-2H3,(H,19,24)(H,20,23). The highest BCUT2D eigenvalue weighted by atomic mass is 16.6. The maximum atomic E-state index is 12.8. The van der Waals surface area contributed by atoms with Gasteiger partial charge in [0, 0.05) is 36.1 Å². The summed E-state index contributed by atoms with van der Waals surface area (Å²) in [6, 6.07) is 9.26. The first-order valence-electron chi connectivity index (χ1n) is 8.04. The molecule has 0 fully saturated rings. The van der Waals surface area contributed by atoms with Crippen LogP contribution in [0.25, 0.3) is 21.8 Å². The molecule has 0 saturated heterocycles. The Hall–Kier alpha value is -3.26. The van der Waals surface area contributed by atoms with Crippen molar-refractivity contribution < 1.29 is 9.72 Å². The maximum absolute atomic E-state index is 12.8. The minimum absolute atomic E-state index is 0.0795. The fourth-order valence-electron chi connectivity index (χ4n) is 2.78. The van der Waals surface area contributed by atoms with Gasteiger partial charge in [0.1, 0.15) is 0 Å². The van der Waals surface area contributed by atoms with Crippen molar-refractivity contribution in [3.8, 4) is 0 Å². The number of likely N-dealkylation sites (N-methyl/N-ethyl adjacent to an activating group) is 1. The highest BCUT2D eigenvalue weighted by Gasteiger charge is 2.20. The van der Waals surface area contributed by atoms with Crippen LogP contribution in [-0.4, -0.2) is 47.9 Å². The molecular formula is C18H18N4O4. The maximum Gasteiger partial charge on any atom is 0.271 e. The number of pyridine rings is 1. The molecule has 0 saturated carbocycles. The number of hydrogen-bond donors (Lipinski definition) is 2. The molecule has 0 atom stereocenters. The van der Waals surface area contributed by atoms with Crippen LogP contribution in [0.15, 0.2) is 41.2 Å². The highest BCUT2D eigenvalue weighted by molar-refractivity contribution is 6.08. The Bertz CT molecular complexity index is 1070. The number of aromatic nitrogens is 1. The Morgan fingerprint density at radius 1 is 1.23 bits per heavy atom. The zero-order valence-corrected chi connectivity index (χ0v) is 14.4. The normalized spacial score (nSPS) is 11.2. The summed E-state index contributed by atoms with van der Waals surface area (Å²) in [6.45, 7) is 1.01. The second kappa shape index (κ2) is 6.93. The van der Waals surface area contributed by atoms with Crippen LogP contribution in [0.1, 0.15) is 10.4 Å². The van der Waals surface area contributed by atoms with E-state index in [-0.39, 0.29) is 22.1 Å². The van der Waals surface area contributed by atoms with Crippen LogP contribution in [0.2, 0.25) is 0 Å². The van der Waals surface area contributed by atoms with Crippen LogP contribution in [0.4, 0.5) is 5.69 Å². The van der Waals surface area contributed by atoms with E-state index in [2.05, 4.69) is 10.3 Å². The monoisotopic (exact) mass is 354 g/mol. The minimum Gasteiger partial charge on any atom is -0.354 e. The number of nitro groups is 1. The Labute approximate surface area is 148 Å². The van der Waals surface area contributed by atoms with Crippen LogP contribution >= 0.6 is 0 Å². The number of para-hydroxylation sites is 1. The number of H-pyrrole nitrogens is 1. The smallest absolute Gasteiger partial charge is 0.271 e. The summed E-state index contributed by atoms with van der Waals surface area (Å²) in [6.07, 6.45) is 0. The number of benzene rings is 2. The molecule has 2 N–H and O–H groups in total. The fourth-order valence-corrected chi connectivity index (χ4v) is 2.78. The quantitative estimate of drug-likeness (QED) is 0.413. The number of fused-ring (bicyclic) bond motifs is 2. The lowest BCUT2D eigenvalue weighted by Crippen LogP contribution is -2.31. The lowest BCUT2D eigenvalue weighted by Gasteiger charge is -2.12. The average Bonchev–Trinajstić information content (AvgIpc) is 2.60. The number of amides is 1. The fraction of sp³-hybridized carbons (Fsp3) is 0.222. The molecule has 26 heavy (non-hydrogen) atoms. The average molecular weight is 354 g/mol. The molecule has 134 valence electrons. The molecule has 0 spiro atoms. The molecule has 3 aromatic rings. The number of carbonyl (C=O) groups excluding carboxylic acids is 1. The van der Waals surface area contributed by atoms with Crippen molar-refractivity contribution in [2.75, 3.05) is 27.2 Å². The molecule has 0 unspecified atom stereocenters. The van der Waals surface area contributed by atoms with Crippen LogP contribution in [-0.2, 0) is 0 Å². The van der Waals surface area contributed by atoms with Gasteiger partial charge in [0.2, 0.25) is 0 Å². The number of carbonyl (C=O) groups is 1. The SMILES string of the molecule is CN(C)CCNC(=O)c1cc([N+](=O)[O-])cc2c(=O)c3ccccc3[nH]c12. The third kappa shape index (κ3) is 3.27. The van der Waals surface area contributed by atoms with Crippen LogP contribution in [0.5, 0.6) is 0 Å². The van der Waals surface area contributed by atoms with Gasteiger partial charge in [-0.1, -0.05) is 12.1 Å². The Morgan fingerprint density at radius 3 is 2.65 bits per heavy atom. The summed E-state index contributed by atoms with van der Waals surface area (Å²) in [4.78, 5) is 41.0. The van der Waals surface area contributed by atoms with Gasteiger partial charge < -0.3 is 15.2 Å². The highest BCUT2D eigenvalue weighted by Crippen LogP contribution is 2.24. The number of non-ortho nitro benzene ring substituents is 1. The first-order chi connectivity index (χ1) is 12.4. The van der Waals surface area contributed by atoms with E-state index < -0.39 is 10.8 Å². The minimum atomic E-state index is -0.606. The number of nitrogens with zero attached hydrogens (tertiary/aromatic N) is 2. The molecule has 1 amide bonds. The van der Waals surface area contributed by atoms with Crippen LogP contribution < -0.4 is 10.7 Å². The molecule has 0 aliphatic heterocycles. The van der Waals surface area contributed by atoms with E-state index in [4.69, 9.17) is 0 Å². The van der Waals surface area contributed by atoms with Crippen molar-refractivity contribution in [2.45, 2.75) is 0 Å². The third-order valence-corrected chi connectivity index (χ3v) is 4.10. The molecule has 0 bridgehead atoms. The van der Waals surface area contributed by atoms with Gasteiger partial charge in [0.25, 0.3) is 11.6 Å². The van der Waals surface area contributed by atoms with E-state index in [9.17, 15) is 19.7 Å². The van der Waals surface area contributed by atoms with E-state index in [1.54, 1.807) is 24.3 Å².